The lowest BCUT2D eigenvalue weighted by atomic mass is 10.3. The van der Waals surface area contributed by atoms with E-state index in [0.717, 1.165) is 13.1 Å². The van der Waals surface area contributed by atoms with Crippen LogP contribution in [0.5, 0.6) is 0 Å². The fraction of sp³-hybridized carbons (Fsp3) is 1.00. The summed E-state index contributed by atoms with van der Waals surface area (Å²) in [6.07, 6.45) is 5.22. The van der Waals surface area contributed by atoms with Gasteiger partial charge in [-0.05, 0) is 12.8 Å². The van der Waals surface area contributed by atoms with Crippen LogP contribution in [0.15, 0.2) is 0 Å². The molecule has 0 bridgehead atoms. The molecule has 0 saturated heterocycles. The van der Waals surface area contributed by atoms with Gasteiger partial charge in [0.1, 0.15) is 0 Å². The maximum atomic E-state index is 2.50. The normalized spacial score (nSPS) is 11.6. The molecular weight excluding hydrogens is 172 g/mol. The highest BCUT2D eigenvalue weighted by atomic mass is 15.6. The van der Waals surface area contributed by atoms with Crippen molar-refractivity contribution in [2.75, 3.05) is 26.2 Å². The molecule has 2 nitrogen and oxygen atoms in total. The molecule has 0 fully saturated rings. The number of hydrazine groups is 1. The first-order valence-corrected chi connectivity index (χ1v) is 6.29. The molecule has 0 heterocycles. The van der Waals surface area contributed by atoms with Crippen molar-refractivity contribution in [2.45, 2.75) is 53.4 Å². The molecule has 0 saturated carbocycles. The zero-order valence-corrected chi connectivity index (χ0v) is 10.6. The molecule has 86 valence electrons. The average molecular weight is 200 g/mol. The number of nitrogens with zero attached hydrogens (tertiary/aromatic N) is 2. The molecule has 0 radical (unpaired) electrons. The van der Waals surface area contributed by atoms with Crippen molar-refractivity contribution in [3.63, 3.8) is 0 Å². The third-order valence-corrected chi connectivity index (χ3v) is 2.67. The van der Waals surface area contributed by atoms with Crippen molar-refractivity contribution in [1.82, 2.24) is 10.0 Å². The van der Waals surface area contributed by atoms with E-state index in [4.69, 9.17) is 0 Å². The number of rotatable bonds is 9. The van der Waals surface area contributed by atoms with Gasteiger partial charge in [0.2, 0.25) is 0 Å². The Bertz CT molecular complexity index is 101. The predicted molar refractivity (Wildman–Crippen MR) is 64.3 cm³/mol. The molecule has 0 aliphatic carbocycles. The van der Waals surface area contributed by atoms with Crippen molar-refractivity contribution in [2.24, 2.45) is 0 Å². The smallest absolute Gasteiger partial charge is 0.0133 e. The Morgan fingerprint density at radius 2 is 1.00 bits per heavy atom. The molecule has 14 heavy (non-hydrogen) atoms. The second-order valence-electron chi connectivity index (χ2n) is 3.80. The lowest BCUT2D eigenvalue weighted by molar-refractivity contribution is -0.0183. The second-order valence-corrected chi connectivity index (χ2v) is 3.80. The maximum Gasteiger partial charge on any atom is 0.0133 e. The maximum absolute atomic E-state index is 2.50. The van der Waals surface area contributed by atoms with Gasteiger partial charge < -0.3 is 0 Å². The van der Waals surface area contributed by atoms with Crippen molar-refractivity contribution in [3.05, 3.63) is 0 Å². The van der Waals surface area contributed by atoms with Gasteiger partial charge in [-0.25, -0.2) is 10.0 Å². The van der Waals surface area contributed by atoms with Crippen LogP contribution in [0, 0.1) is 0 Å². The van der Waals surface area contributed by atoms with Crippen molar-refractivity contribution in [1.29, 1.82) is 0 Å². The minimum absolute atomic E-state index is 1.15. The van der Waals surface area contributed by atoms with E-state index in [1.165, 1.54) is 38.8 Å². The summed E-state index contributed by atoms with van der Waals surface area (Å²) in [5.74, 6) is 0. The van der Waals surface area contributed by atoms with Crippen LogP contribution in [0.4, 0.5) is 0 Å². The van der Waals surface area contributed by atoms with E-state index in [9.17, 15) is 0 Å². The van der Waals surface area contributed by atoms with Gasteiger partial charge in [-0.1, -0.05) is 40.5 Å². The molecular formula is C12H28N2. The van der Waals surface area contributed by atoms with E-state index in [1.807, 2.05) is 0 Å². The van der Waals surface area contributed by atoms with Crippen LogP contribution in [0.25, 0.3) is 0 Å². The third kappa shape index (κ3) is 5.61. The molecule has 0 aliphatic rings. The Kier molecular flexibility index (Phi) is 9.42. The summed E-state index contributed by atoms with van der Waals surface area (Å²) >= 11 is 0. The quantitative estimate of drug-likeness (QED) is 0.528. The summed E-state index contributed by atoms with van der Waals surface area (Å²) < 4.78 is 0. The Balaban J connectivity index is 3.87. The van der Waals surface area contributed by atoms with E-state index in [2.05, 4.69) is 37.7 Å². The highest BCUT2D eigenvalue weighted by Crippen LogP contribution is 2.03. The zero-order chi connectivity index (χ0) is 10.8. The first kappa shape index (κ1) is 13.9. The van der Waals surface area contributed by atoms with Crippen LogP contribution in [-0.2, 0) is 0 Å². The van der Waals surface area contributed by atoms with Crippen LogP contribution in [0.2, 0.25) is 0 Å². The average Bonchev–Trinajstić information content (AvgIpc) is 2.23. The lowest BCUT2D eigenvalue weighted by Gasteiger charge is -2.33. The molecule has 0 spiro atoms. The van der Waals surface area contributed by atoms with Crippen LogP contribution in [0.3, 0.4) is 0 Å². The Hall–Kier alpha value is -0.0800. The summed E-state index contributed by atoms with van der Waals surface area (Å²) in [6, 6.07) is 0. The lowest BCUT2D eigenvalue weighted by Crippen LogP contribution is -2.43. The van der Waals surface area contributed by atoms with Gasteiger partial charge in [0.25, 0.3) is 0 Å². The minimum atomic E-state index is 1.15. The van der Waals surface area contributed by atoms with Crippen LogP contribution in [0.1, 0.15) is 53.4 Å². The van der Waals surface area contributed by atoms with Gasteiger partial charge in [-0.2, -0.15) is 0 Å². The summed E-state index contributed by atoms with van der Waals surface area (Å²) in [5.41, 5.74) is 0. The standard InChI is InChI=1S/C12H28N2/c1-5-9-11-13(7-3)14(8-4)12-10-6-2/h5-12H2,1-4H3. The first-order valence-electron chi connectivity index (χ1n) is 6.29. The van der Waals surface area contributed by atoms with E-state index in [-0.39, 0.29) is 0 Å². The van der Waals surface area contributed by atoms with Crippen molar-refractivity contribution in [3.8, 4) is 0 Å². The molecule has 0 aromatic carbocycles. The summed E-state index contributed by atoms with van der Waals surface area (Å²) in [4.78, 5) is 0. The third-order valence-electron chi connectivity index (χ3n) is 2.67. The summed E-state index contributed by atoms with van der Waals surface area (Å²) in [5, 5.41) is 5.00. The summed E-state index contributed by atoms with van der Waals surface area (Å²) in [6.45, 7) is 13.8. The number of hydrogen-bond acceptors (Lipinski definition) is 2. The largest absolute Gasteiger partial charge is 0.242 e. The minimum Gasteiger partial charge on any atom is -0.242 e. The molecule has 0 rings (SSSR count). The van der Waals surface area contributed by atoms with Gasteiger partial charge in [0, 0.05) is 26.2 Å². The fourth-order valence-electron chi connectivity index (χ4n) is 1.68. The van der Waals surface area contributed by atoms with Gasteiger partial charge in [0.15, 0.2) is 0 Å². The van der Waals surface area contributed by atoms with E-state index < -0.39 is 0 Å². The number of hydrogen-bond donors (Lipinski definition) is 0. The molecule has 0 aromatic heterocycles. The highest BCUT2D eigenvalue weighted by molar-refractivity contribution is 4.55. The van der Waals surface area contributed by atoms with Gasteiger partial charge in [-0.3, -0.25) is 0 Å². The molecule has 0 aromatic rings. The van der Waals surface area contributed by atoms with Gasteiger partial charge in [-0.15, -0.1) is 0 Å². The topological polar surface area (TPSA) is 6.48 Å². The van der Waals surface area contributed by atoms with E-state index >= 15 is 0 Å². The fourth-order valence-corrected chi connectivity index (χ4v) is 1.68. The monoisotopic (exact) mass is 200 g/mol. The van der Waals surface area contributed by atoms with Gasteiger partial charge >= 0.3 is 0 Å². The van der Waals surface area contributed by atoms with E-state index in [0.29, 0.717) is 0 Å². The molecule has 0 unspecified atom stereocenters. The van der Waals surface area contributed by atoms with Crippen molar-refractivity contribution >= 4 is 0 Å². The predicted octanol–water partition coefficient (Wildman–Crippen LogP) is 3.15. The Morgan fingerprint density at radius 3 is 1.21 bits per heavy atom. The Labute approximate surface area is 90.2 Å². The van der Waals surface area contributed by atoms with Gasteiger partial charge in [0.05, 0.1) is 0 Å². The molecule has 0 atom stereocenters. The first-order chi connectivity index (χ1) is 6.79. The SMILES string of the molecule is CCCCN(CC)N(CC)CCCC. The number of unbranched alkanes of at least 4 members (excludes halogenated alkanes) is 2. The molecule has 0 aliphatic heterocycles. The molecule has 0 amide bonds. The zero-order valence-electron chi connectivity index (χ0n) is 10.6. The molecule has 2 heteroatoms. The van der Waals surface area contributed by atoms with E-state index in [1.54, 1.807) is 0 Å². The Morgan fingerprint density at radius 1 is 0.643 bits per heavy atom. The molecule has 0 N–H and O–H groups in total. The summed E-state index contributed by atoms with van der Waals surface area (Å²) in [7, 11) is 0. The van der Waals surface area contributed by atoms with Crippen LogP contribution < -0.4 is 0 Å². The van der Waals surface area contributed by atoms with Crippen LogP contribution >= 0.6 is 0 Å². The van der Waals surface area contributed by atoms with Crippen molar-refractivity contribution < 1.29 is 0 Å². The van der Waals surface area contributed by atoms with Crippen LogP contribution in [-0.4, -0.2) is 36.2 Å². The highest BCUT2D eigenvalue weighted by Gasteiger charge is 2.09. The second kappa shape index (κ2) is 9.47.